The molecule has 1 aromatic carbocycles. The third-order valence-electron chi connectivity index (χ3n) is 4.01. The largest absolute Gasteiger partial charge is 0.352 e. The first-order valence-electron chi connectivity index (χ1n) is 8.63. The molecule has 3 aromatic rings. The van der Waals surface area contributed by atoms with Gasteiger partial charge >= 0.3 is 0 Å². The highest BCUT2D eigenvalue weighted by Gasteiger charge is 2.14. The lowest BCUT2D eigenvalue weighted by molar-refractivity contribution is -0.121. The Hall–Kier alpha value is -3.80. The number of hydrogen-bond donors (Lipinski definition) is 2. The molecule has 1 atom stereocenters. The van der Waals surface area contributed by atoms with E-state index < -0.39 is 5.91 Å². The van der Waals surface area contributed by atoms with Crippen LogP contribution in [0.2, 0.25) is 0 Å². The quantitative estimate of drug-likeness (QED) is 0.660. The minimum Gasteiger partial charge on any atom is -0.352 e. The summed E-state index contributed by atoms with van der Waals surface area (Å²) in [5.41, 5.74) is 2.98. The van der Waals surface area contributed by atoms with Crippen LogP contribution >= 0.6 is 0 Å². The van der Waals surface area contributed by atoms with Gasteiger partial charge in [0, 0.05) is 18.3 Å². The maximum absolute atomic E-state index is 12.3. The number of carbonyl (C=O) groups is 2. The smallest absolute Gasteiger partial charge is 0.270 e. The van der Waals surface area contributed by atoms with Crippen molar-refractivity contribution in [2.24, 2.45) is 0 Å². The first-order valence-corrected chi connectivity index (χ1v) is 8.63. The molecule has 2 N–H and O–H groups in total. The van der Waals surface area contributed by atoms with Crippen molar-refractivity contribution in [2.45, 2.75) is 26.3 Å². The molecular formula is C19H18N6O3. The Bertz CT molecular complexity index is 1070. The summed E-state index contributed by atoms with van der Waals surface area (Å²) in [6.07, 6.45) is 0.120. The summed E-state index contributed by atoms with van der Waals surface area (Å²) >= 11 is 0. The molecule has 0 aliphatic heterocycles. The van der Waals surface area contributed by atoms with Gasteiger partial charge in [-0.2, -0.15) is 5.26 Å². The van der Waals surface area contributed by atoms with Crippen LogP contribution in [0.1, 0.15) is 34.2 Å². The maximum atomic E-state index is 12.3. The van der Waals surface area contributed by atoms with Gasteiger partial charge in [-0.25, -0.2) is 9.61 Å². The molecule has 3 rings (SSSR count). The summed E-state index contributed by atoms with van der Waals surface area (Å²) in [5.74, 6) is -0.613. The lowest BCUT2D eigenvalue weighted by Gasteiger charge is -2.15. The average Bonchev–Trinajstić information content (AvgIpc) is 3.15. The van der Waals surface area contributed by atoms with E-state index in [1.165, 1.54) is 6.07 Å². The van der Waals surface area contributed by atoms with Crippen molar-refractivity contribution in [3.8, 4) is 6.07 Å². The predicted molar refractivity (Wildman–Crippen MR) is 99.1 cm³/mol. The van der Waals surface area contributed by atoms with Gasteiger partial charge in [-0.05, 0) is 47.9 Å². The third kappa shape index (κ3) is 4.48. The van der Waals surface area contributed by atoms with E-state index in [-0.39, 0.29) is 30.6 Å². The van der Waals surface area contributed by atoms with E-state index >= 15 is 0 Å². The van der Waals surface area contributed by atoms with Crippen molar-refractivity contribution in [3.63, 3.8) is 0 Å². The molecule has 0 bridgehead atoms. The number of pyridine rings is 1. The number of rotatable bonds is 6. The molecule has 0 radical (unpaired) electrons. The van der Waals surface area contributed by atoms with Crippen LogP contribution < -0.4 is 10.6 Å². The van der Waals surface area contributed by atoms with Gasteiger partial charge in [0.25, 0.3) is 5.91 Å². The van der Waals surface area contributed by atoms with E-state index in [9.17, 15) is 9.59 Å². The highest BCUT2D eigenvalue weighted by Crippen LogP contribution is 2.15. The zero-order valence-electron chi connectivity index (χ0n) is 15.4. The van der Waals surface area contributed by atoms with Gasteiger partial charge in [-0.3, -0.25) is 9.59 Å². The van der Waals surface area contributed by atoms with Crippen molar-refractivity contribution >= 4 is 22.8 Å². The molecule has 0 unspecified atom stereocenters. The number of benzene rings is 1. The summed E-state index contributed by atoms with van der Waals surface area (Å²) in [6.45, 7) is 3.71. The molecule has 0 fully saturated rings. The number of nitrogens with one attached hydrogen (secondary N) is 2. The Morgan fingerprint density at radius 3 is 2.89 bits per heavy atom. The molecule has 0 spiro atoms. The second kappa shape index (κ2) is 8.26. The number of aromatic nitrogens is 3. The van der Waals surface area contributed by atoms with Gasteiger partial charge in [0.15, 0.2) is 0 Å². The van der Waals surface area contributed by atoms with E-state index in [4.69, 9.17) is 9.89 Å². The van der Waals surface area contributed by atoms with Crippen LogP contribution in [0, 0.1) is 18.3 Å². The van der Waals surface area contributed by atoms with Crippen LogP contribution in [-0.2, 0) is 11.2 Å². The van der Waals surface area contributed by atoms with Crippen molar-refractivity contribution in [3.05, 3.63) is 52.8 Å². The van der Waals surface area contributed by atoms with E-state index in [0.717, 1.165) is 0 Å². The van der Waals surface area contributed by atoms with Crippen LogP contribution in [0.5, 0.6) is 0 Å². The van der Waals surface area contributed by atoms with Gasteiger partial charge in [0.2, 0.25) is 5.91 Å². The summed E-state index contributed by atoms with van der Waals surface area (Å²) in [5, 5.41) is 22.1. The van der Waals surface area contributed by atoms with Gasteiger partial charge in [0.1, 0.15) is 16.7 Å². The lowest BCUT2D eigenvalue weighted by Crippen LogP contribution is -2.42. The molecule has 0 saturated heterocycles. The monoisotopic (exact) mass is 378 g/mol. The number of nitrogens with zero attached hydrogens (tertiary/aromatic N) is 4. The Kier molecular flexibility index (Phi) is 5.60. The summed E-state index contributed by atoms with van der Waals surface area (Å²) in [4.78, 5) is 28.7. The first kappa shape index (κ1) is 19.0. The Labute approximate surface area is 160 Å². The van der Waals surface area contributed by atoms with Crippen LogP contribution in [-0.4, -0.2) is 39.7 Å². The Balaban J connectivity index is 1.54. The molecule has 0 aliphatic rings. The number of aryl methyl sites for hydroxylation is 1. The van der Waals surface area contributed by atoms with Gasteiger partial charge in [-0.1, -0.05) is 12.1 Å². The summed E-state index contributed by atoms with van der Waals surface area (Å²) in [7, 11) is 0. The molecule has 2 heterocycles. The molecule has 142 valence electrons. The fraction of sp³-hybridized carbons (Fsp3) is 0.263. The molecule has 2 amide bonds. The van der Waals surface area contributed by atoms with Crippen molar-refractivity contribution < 1.29 is 14.2 Å². The Morgan fingerprint density at radius 1 is 1.29 bits per heavy atom. The van der Waals surface area contributed by atoms with Crippen LogP contribution in [0.15, 0.2) is 35.0 Å². The predicted octanol–water partition coefficient (Wildman–Crippen LogP) is 1.28. The Morgan fingerprint density at radius 2 is 2.11 bits per heavy atom. The SMILES string of the molecule is Cc1cc(C#N)cc(C(=O)NC[C@H](C)NC(=O)Cc2cccc3nonc23)n1. The minimum absolute atomic E-state index is 0.120. The van der Waals surface area contributed by atoms with Crippen molar-refractivity contribution in [1.29, 1.82) is 5.26 Å². The number of nitriles is 1. The third-order valence-corrected chi connectivity index (χ3v) is 4.01. The van der Waals surface area contributed by atoms with Gasteiger partial charge < -0.3 is 10.6 Å². The van der Waals surface area contributed by atoms with Crippen LogP contribution in [0.3, 0.4) is 0 Å². The lowest BCUT2D eigenvalue weighted by atomic mass is 10.1. The molecular weight excluding hydrogens is 360 g/mol. The van der Waals surface area contributed by atoms with Crippen molar-refractivity contribution in [2.75, 3.05) is 6.54 Å². The molecule has 0 aliphatic carbocycles. The molecule has 2 aromatic heterocycles. The fourth-order valence-electron chi connectivity index (χ4n) is 2.74. The van der Waals surface area contributed by atoms with Crippen LogP contribution in [0.25, 0.3) is 11.0 Å². The standard InChI is InChI=1S/C19H18N6O3/c1-11-6-13(9-20)7-16(22-11)19(27)21-10-12(2)23-17(26)8-14-4-3-5-15-18(14)25-28-24-15/h3-7,12H,8,10H2,1-2H3,(H,21,27)(H,23,26)/t12-/m0/s1. The second-order valence-electron chi connectivity index (χ2n) is 6.40. The van der Waals surface area contributed by atoms with Gasteiger partial charge in [0.05, 0.1) is 18.1 Å². The topological polar surface area (TPSA) is 134 Å². The highest BCUT2D eigenvalue weighted by atomic mass is 16.6. The summed E-state index contributed by atoms with van der Waals surface area (Å²) in [6, 6.07) is 10.0. The molecule has 9 heteroatoms. The average molecular weight is 378 g/mol. The highest BCUT2D eigenvalue weighted by molar-refractivity contribution is 5.92. The normalized spacial score (nSPS) is 11.6. The zero-order valence-corrected chi connectivity index (χ0v) is 15.4. The fourth-order valence-corrected chi connectivity index (χ4v) is 2.74. The summed E-state index contributed by atoms with van der Waals surface area (Å²) < 4.78 is 4.69. The van der Waals surface area contributed by atoms with Gasteiger partial charge in [-0.15, -0.1) is 0 Å². The molecule has 9 nitrogen and oxygen atoms in total. The second-order valence-corrected chi connectivity index (χ2v) is 6.40. The molecule has 28 heavy (non-hydrogen) atoms. The van der Waals surface area contributed by atoms with E-state index in [1.807, 2.05) is 6.07 Å². The maximum Gasteiger partial charge on any atom is 0.270 e. The van der Waals surface area contributed by atoms with E-state index in [0.29, 0.717) is 27.9 Å². The first-order chi connectivity index (χ1) is 13.5. The van der Waals surface area contributed by atoms with Crippen LogP contribution in [0.4, 0.5) is 0 Å². The van der Waals surface area contributed by atoms with E-state index in [1.54, 1.807) is 38.1 Å². The van der Waals surface area contributed by atoms with E-state index in [2.05, 4.69) is 25.9 Å². The van der Waals surface area contributed by atoms with Crippen molar-refractivity contribution in [1.82, 2.24) is 25.9 Å². The minimum atomic E-state index is -0.403. The zero-order chi connectivity index (χ0) is 20.1. The number of fused-ring (bicyclic) bond motifs is 1. The number of hydrogen-bond acceptors (Lipinski definition) is 7. The number of amides is 2. The molecule has 0 saturated carbocycles. The number of carbonyl (C=O) groups excluding carboxylic acids is 2.